The largest absolute Gasteiger partial charge is 0.469 e. The number of ether oxygens (including phenoxy) is 1. The Morgan fingerprint density at radius 1 is 1.10 bits per heavy atom. The van der Waals surface area contributed by atoms with Gasteiger partial charge in [-0.05, 0) is 61.7 Å². The molecule has 1 heterocycles. The number of halogens is 1. The molecule has 7 nitrogen and oxygen atoms in total. The van der Waals surface area contributed by atoms with E-state index in [0.717, 1.165) is 16.7 Å². The van der Waals surface area contributed by atoms with Crippen LogP contribution in [0.4, 0.5) is 17.1 Å². The van der Waals surface area contributed by atoms with E-state index in [1.807, 2.05) is 39.0 Å². The number of esters is 1. The Morgan fingerprint density at radius 3 is 2.48 bits per heavy atom. The fourth-order valence-electron chi connectivity index (χ4n) is 3.18. The second-order valence-electron chi connectivity index (χ2n) is 7.44. The van der Waals surface area contributed by atoms with Gasteiger partial charge in [0.2, 0.25) is 5.91 Å². The summed E-state index contributed by atoms with van der Waals surface area (Å²) in [5.74, 6) is -1.26. The first-order valence-electron chi connectivity index (χ1n) is 9.71. The highest BCUT2D eigenvalue weighted by Crippen LogP contribution is 2.33. The van der Waals surface area contributed by atoms with Crippen molar-refractivity contribution in [3.63, 3.8) is 0 Å². The summed E-state index contributed by atoms with van der Waals surface area (Å²) >= 11 is 6.13. The predicted molar refractivity (Wildman–Crippen MR) is 121 cm³/mol. The van der Waals surface area contributed by atoms with Crippen molar-refractivity contribution in [3.05, 3.63) is 63.8 Å². The van der Waals surface area contributed by atoms with Gasteiger partial charge in [0.05, 0.1) is 24.9 Å². The van der Waals surface area contributed by atoms with Gasteiger partial charge in [-0.15, -0.1) is 0 Å². The summed E-state index contributed by atoms with van der Waals surface area (Å²) in [7, 11) is 1.29. The van der Waals surface area contributed by atoms with Gasteiger partial charge in [0.15, 0.2) is 0 Å². The number of nitrogens with zero attached hydrogens (tertiary/aromatic N) is 1. The number of benzene rings is 2. The molecule has 0 fully saturated rings. The summed E-state index contributed by atoms with van der Waals surface area (Å²) in [5, 5.41) is 6.45. The topological polar surface area (TPSA) is 87.7 Å². The summed E-state index contributed by atoms with van der Waals surface area (Å²) in [6.07, 6.45) is 1.23. The van der Waals surface area contributed by atoms with Gasteiger partial charge < -0.3 is 15.4 Å². The first-order chi connectivity index (χ1) is 14.7. The zero-order valence-electron chi connectivity index (χ0n) is 17.8. The summed E-state index contributed by atoms with van der Waals surface area (Å²) < 4.78 is 4.72. The quantitative estimate of drug-likeness (QED) is 0.682. The van der Waals surface area contributed by atoms with Crippen LogP contribution in [0.15, 0.2) is 42.1 Å². The molecule has 0 atom stereocenters. The molecule has 1 aliphatic heterocycles. The van der Waals surface area contributed by atoms with Crippen LogP contribution in [-0.4, -0.2) is 31.4 Å². The number of carbonyl (C=O) groups excluding carboxylic acids is 3. The minimum atomic E-state index is -0.473. The Labute approximate surface area is 186 Å². The summed E-state index contributed by atoms with van der Waals surface area (Å²) in [6, 6.07) is 8.96. The number of nitrogens with one attached hydrogen (secondary N) is 2. The Kier molecular flexibility index (Phi) is 6.65. The lowest BCUT2D eigenvalue weighted by Gasteiger charge is -2.23. The first kappa shape index (κ1) is 22.4. The highest BCUT2D eigenvalue weighted by atomic mass is 35.5. The highest BCUT2D eigenvalue weighted by molar-refractivity contribution is 6.31. The maximum Gasteiger partial charge on any atom is 0.311 e. The zero-order valence-corrected chi connectivity index (χ0v) is 18.6. The third-order valence-electron chi connectivity index (χ3n) is 5.08. The number of carbonyl (C=O) groups is 3. The number of fused-ring (bicyclic) bond motifs is 1. The number of methoxy groups -OCH3 is 1. The fourth-order valence-corrected chi connectivity index (χ4v) is 3.36. The molecule has 2 amide bonds. The summed E-state index contributed by atoms with van der Waals surface area (Å²) in [6.45, 7) is 5.55. The van der Waals surface area contributed by atoms with Gasteiger partial charge in [-0.25, -0.2) is 0 Å². The van der Waals surface area contributed by atoms with Crippen LogP contribution in [-0.2, 0) is 19.1 Å². The van der Waals surface area contributed by atoms with E-state index in [0.29, 0.717) is 27.8 Å². The van der Waals surface area contributed by atoms with Crippen molar-refractivity contribution in [1.29, 1.82) is 0 Å². The Bertz CT molecular complexity index is 1090. The molecule has 3 rings (SSSR count). The van der Waals surface area contributed by atoms with E-state index in [1.54, 1.807) is 12.1 Å². The molecule has 31 heavy (non-hydrogen) atoms. The third-order valence-corrected chi connectivity index (χ3v) is 5.49. The smallest absolute Gasteiger partial charge is 0.311 e. The van der Waals surface area contributed by atoms with Crippen molar-refractivity contribution in [2.75, 3.05) is 29.2 Å². The van der Waals surface area contributed by atoms with Crippen LogP contribution < -0.4 is 15.5 Å². The highest BCUT2D eigenvalue weighted by Gasteiger charge is 2.26. The summed E-state index contributed by atoms with van der Waals surface area (Å²) in [5.41, 5.74) is 5.02. The lowest BCUT2D eigenvalue weighted by Crippen LogP contribution is -2.37. The van der Waals surface area contributed by atoms with Gasteiger partial charge in [-0.1, -0.05) is 17.7 Å². The molecule has 0 aromatic heterocycles. The maximum absolute atomic E-state index is 13.0. The second kappa shape index (κ2) is 9.22. The molecule has 2 aromatic carbocycles. The van der Waals surface area contributed by atoms with Gasteiger partial charge in [0, 0.05) is 22.5 Å². The minimum Gasteiger partial charge on any atom is -0.469 e. The van der Waals surface area contributed by atoms with Gasteiger partial charge in [-0.2, -0.15) is 0 Å². The average molecular weight is 442 g/mol. The van der Waals surface area contributed by atoms with E-state index in [9.17, 15) is 14.4 Å². The standard InChI is InChI=1S/C23H24ClN3O4/c1-13-5-6-16(9-18(13)24)26-21(28)12-27-20-8-15(3)14(2)7-19(20)25-17(10-22(27)29)11-23(30)31-4/h5-10,25H,11-12H2,1-4H3,(H,26,28). The van der Waals surface area contributed by atoms with E-state index in [4.69, 9.17) is 16.3 Å². The van der Waals surface area contributed by atoms with E-state index >= 15 is 0 Å². The molecule has 2 aromatic rings. The Morgan fingerprint density at radius 2 is 1.81 bits per heavy atom. The molecule has 2 N–H and O–H groups in total. The SMILES string of the molecule is COC(=O)CC1=CC(=O)N(CC(=O)Nc2ccc(C)c(Cl)c2)c2cc(C)c(C)cc2N1. The van der Waals surface area contributed by atoms with Crippen molar-refractivity contribution < 1.29 is 19.1 Å². The van der Waals surface area contributed by atoms with Crippen molar-refractivity contribution in [3.8, 4) is 0 Å². The first-order valence-corrected chi connectivity index (χ1v) is 10.1. The van der Waals surface area contributed by atoms with Crippen molar-refractivity contribution in [2.24, 2.45) is 0 Å². The van der Waals surface area contributed by atoms with Gasteiger partial charge in [0.25, 0.3) is 5.91 Å². The fraction of sp³-hybridized carbons (Fsp3) is 0.261. The molecular formula is C23H24ClN3O4. The van der Waals surface area contributed by atoms with Crippen LogP contribution in [0.2, 0.25) is 5.02 Å². The molecule has 0 unspecified atom stereocenters. The van der Waals surface area contributed by atoms with Gasteiger partial charge in [-0.3, -0.25) is 19.3 Å². The molecular weight excluding hydrogens is 418 g/mol. The zero-order chi connectivity index (χ0) is 22.7. The lowest BCUT2D eigenvalue weighted by atomic mass is 10.1. The van der Waals surface area contributed by atoms with Crippen LogP contribution in [0.25, 0.3) is 0 Å². The van der Waals surface area contributed by atoms with Crippen molar-refractivity contribution in [1.82, 2.24) is 0 Å². The third kappa shape index (κ3) is 5.24. The second-order valence-corrected chi connectivity index (χ2v) is 7.84. The van der Waals surface area contributed by atoms with Crippen LogP contribution in [0.1, 0.15) is 23.1 Å². The number of amides is 2. The number of hydrogen-bond donors (Lipinski definition) is 2. The van der Waals surface area contributed by atoms with E-state index < -0.39 is 11.9 Å². The number of hydrogen-bond acceptors (Lipinski definition) is 5. The Balaban J connectivity index is 1.91. The molecule has 8 heteroatoms. The summed E-state index contributed by atoms with van der Waals surface area (Å²) in [4.78, 5) is 38.9. The molecule has 0 saturated heterocycles. The number of rotatable bonds is 5. The van der Waals surface area contributed by atoms with Crippen molar-refractivity contribution >= 4 is 46.4 Å². The van der Waals surface area contributed by atoms with Crippen LogP contribution in [0.5, 0.6) is 0 Å². The molecule has 0 radical (unpaired) electrons. The van der Waals surface area contributed by atoms with Crippen LogP contribution >= 0.6 is 11.6 Å². The lowest BCUT2D eigenvalue weighted by molar-refractivity contribution is -0.139. The molecule has 0 aliphatic carbocycles. The molecule has 1 aliphatic rings. The molecule has 0 bridgehead atoms. The Hall–Kier alpha value is -3.32. The molecule has 0 saturated carbocycles. The van der Waals surface area contributed by atoms with Crippen LogP contribution in [0.3, 0.4) is 0 Å². The average Bonchev–Trinajstić information content (AvgIpc) is 2.82. The number of anilines is 3. The molecule has 0 spiro atoms. The van der Waals surface area contributed by atoms with Gasteiger partial charge >= 0.3 is 5.97 Å². The van der Waals surface area contributed by atoms with Crippen LogP contribution in [0, 0.1) is 20.8 Å². The predicted octanol–water partition coefficient (Wildman–Crippen LogP) is 4.11. The van der Waals surface area contributed by atoms with E-state index in [1.165, 1.54) is 18.1 Å². The molecule has 162 valence electrons. The van der Waals surface area contributed by atoms with Gasteiger partial charge in [0.1, 0.15) is 6.54 Å². The normalized spacial score (nSPS) is 13.0. The van der Waals surface area contributed by atoms with E-state index in [-0.39, 0.29) is 18.9 Å². The van der Waals surface area contributed by atoms with E-state index in [2.05, 4.69) is 10.6 Å². The van der Waals surface area contributed by atoms with Crippen molar-refractivity contribution in [2.45, 2.75) is 27.2 Å². The monoisotopic (exact) mass is 441 g/mol. The minimum absolute atomic E-state index is 0.0868. The maximum atomic E-state index is 13.0. The number of aryl methyl sites for hydroxylation is 3.